The average Bonchev–Trinajstić information content (AvgIpc) is 3.68. The van der Waals surface area contributed by atoms with Gasteiger partial charge >= 0.3 is 0 Å². The Bertz CT molecular complexity index is 1720. The second-order valence-corrected chi connectivity index (χ2v) is 10.8. The van der Waals surface area contributed by atoms with Gasteiger partial charge in [0.2, 0.25) is 5.95 Å². The molecular weight excluding hydrogens is 514 g/mol. The van der Waals surface area contributed by atoms with Crippen molar-refractivity contribution >= 4 is 45.8 Å². The molecule has 5 rings (SSSR count). The van der Waals surface area contributed by atoms with Gasteiger partial charge in [-0.2, -0.15) is 10.4 Å². The molecule has 3 N–H and O–H groups in total. The number of rotatable bonds is 7. The molecule has 0 aliphatic heterocycles. The van der Waals surface area contributed by atoms with Gasteiger partial charge in [-0.15, -0.1) is 11.3 Å². The van der Waals surface area contributed by atoms with Crippen LogP contribution in [0.25, 0.3) is 21.5 Å². The van der Waals surface area contributed by atoms with Crippen LogP contribution in [-0.4, -0.2) is 49.3 Å². The van der Waals surface area contributed by atoms with E-state index >= 15 is 0 Å². The second-order valence-electron chi connectivity index (χ2n) is 9.67. The fraction of sp³-hybridized carbons (Fsp3) is 0.179. The van der Waals surface area contributed by atoms with Crippen molar-refractivity contribution < 1.29 is 14.7 Å². The molecule has 0 aliphatic rings. The first-order valence-electron chi connectivity index (χ1n) is 12.0. The highest BCUT2D eigenvalue weighted by molar-refractivity contribution is 7.17. The van der Waals surface area contributed by atoms with Crippen molar-refractivity contribution in [2.24, 2.45) is 0 Å². The van der Waals surface area contributed by atoms with Crippen LogP contribution >= 0.6 is 11.3 Å². The smallest absolute Gasteiger partial charge is 0.268 e. The van der Waals surface area contributed by atoms with E-state index in [-0.39, 0.29) is 24.3 Å². The van der Waals surface area contributed by atoms with Gasteiger partial charge in [0.1, 0.15) is 0 Å². The number of nitrogens with one attached hydrogen (secondary N) is 2. The van der Waals surface area contributed by atoms with Gasteiger partial charge in [-0.25, -0.2) is 4.98 Å². The number of thiophene rings is 1. The molecule has 0 unspecified atom stereocenters. The predicted octanol–water partition coefficient (Wildman–Crippen LogP) is 4.66. The van der Waals surface area contributed by atoms with Gasteiger partial charge in [-0.1, -0.05) is 6.07 Å². The Kier molecular flexibility index (Phi) is 6.74. The van der Waals surface area contributed by atoms with Crippen molar-refractivity contribution in [3.63, 3.8) is 0 Å². The molecule has 0 saturated heterocycles. The number of hydrogen-bond acceptors (Lipinski definition) is 7. The number of carbonyl (C=O) groups excluding carboxylic acids is 2. The van der Waals surface area contributed by atoms with Gasteiger partial charge in [-0.3, -0.25) is 20.0 Å². The number of hydrogen-bond donors (Lipinski definition) is 3. The molecule has 2 aromatic carbocycles. The Balaban J connectivity index is 1.46. The third kappa shape index (κ3) is 5.43. The average molecular weight is 540 g/mol. The number of amides is 2. The molecule has 3 heterocycles. The Morgan fingerprint density at radius 3 is 2.74 bits per heavy atom. The molecule has 39 heavy (non-hydrogen) atoms. The number of imidazole rings is 1. The first-order valence-corrected chi connectivity index (χ1v) is 12.9. The lowest BCUT2D eigenvalue weighted by Gasteiger charge is -2.20. The van der Waals surface area contributed by atoms with E-state index in [9.17, 15) is 14.7 Å². The molecular formula is C28H25N7O3S. The van der Waals surface area contributed by atoms with Crippen molar-refractivity contribution in [2.75, 3.05) is 17.3 Å². The first-order chi connectivity index (χ1) is 18.6. The Labute approximate surface area is 228 Å². The highest BCUT2D eigenvalue weighted by Crippen LogP contribution is 2.30. The molecule has 5 aromatic rings. The normalized spacial score (nSPS) is 11.4. The van der Waals surface area contributed by atoms with E-state index in [0.29, 0.717) is 32.7 Å². The first kappa shape index (κ1) is 25.8. The van der Waals surface area contributed by atoms with E-state index in [1.54, 1.807) is 86.4 Å². The lowest BCUT2D eigenvalue weighted by atomic mass is 10.1. The number of aliphatic hydroxyl groups is 1. The van der Waals surface area contributed by atoms with Crippen LogP contribution in [0.2, 0.25) is 0 Å². The maximum atomic E-state index is 13.1. The predicted molar refractivity (Wildman–Crippen MR) is 150 cm³/mol. The van der Waals surface area contributed by atoms with E-state index in [1.165, 1.54) is 16.2 Å². The van der Waals surface area contributed by atoms with Gasteiger partial charge in [0, 0.05) is 34.9 Å². The zero-order chi connectivity index (χ0) is 27.7. The van der Waals surface area contributed by atoms with Crippen LogP contribution in [0, 0.1) is 11.3 Å². The molecule has 11 heteroatoms. The number of H-pyrrole nitrogens is 1. The van der Waals surface area contributed by atoms with Crippen LogP contribution in [-0.2, 0) is 6.54 Å². The molecule has 196 valence electrons. The SMILES string of the molecule is CN(C(=O)c1cccc(C#N)c1)c1ccc2c(c1)nc(NC(=O)c1ccc(-c3cn[nH]c3)s1)n2CC(C)(C)O. The van der Waals surface area contributed by atoms with Crippen LogP contribution < -0.4 is 10.2 Å². The van der Waals surface area contributed by atoms with Crippen LogP contribution in [0.3, 0.4) is 0 Å². The minimum absolute atomic E-state index is 0.179. The molecule has 2 amide bonds. The summed E-state index contributed by atoms with van der Waals surface area (Å²) in [6, 6.07) is 17.5. The fourth-order valence-corrected chi connectivity index (χ4v) is 5.05. The number of aromatic nitrogens is 4. The Morgan fingerprint density at radius 1 is 1.21 bits per heavy atom. The Hall–Kier alpha value is -4.79. The highest BCUT2D eigenvalue weighted by atomic mass is 32.1. The molecule has 0 spiro atoms. The van der Waals surface area contributed by atoms with Crippen molar-refractivity contribution in [3.8, 4) is 16.5 Å². The number of anilines is 2. The molecule has 0 atom stereocenters. The molecule has 0 radical (unpaired) electrons. The standard InChI is InChI=1S/C28H25N7O3S/c1-28(2,38)16-35-22-8-7-20(34(3)26(37)18-6-4-5-17(11-18)13-29)12-21(22)32-27(35)33-25(36)24-10-9-23(39-24)19-14-30-31-15-19/h4-12,14-15,38H,16H2,1-3H3,(H,30,31)(H,32,33,36). The molecule has 0 fully saturated rings. The maximum absolute atomic E-state index is 13.1. The number of fused-ring (bicyclic) bond motifs is 1. The van der Waals surface area contributed by atoms with E-state index in [1.807, 2.05) is 12.1 Å². The maximum Gasteiger partial charge on any atom is 0.268 e. The summed E-state index contributed by atoms with van der Waals surface area (Å²) >= 11 is 1.33. The van der Waals surface area contributed by atoms with Crippen LogP contribution in [0.5, 0.6) is 0 Å². The van der Waals surface area contributed by atoms with Crippen molar-refractivity contribution in [2.45, 2.75) is 26.0 Å². The molecule has 3 aromatic heterocycles. The summed E-state index contributed by atoms with van der Waals surface area (Å²) in [4.78, 5) is 33.8. The van der Waals surface area contributed by atoms with E-state index in [4.69, 9.17) is 5.26 Å². The molecule has 10 nitrogen and oxygen atoms in total. The van der Waals surface area contributed by atoms with Crippen LogP contribution in [0.1, 0.15) is 39.4 Å². The summed E-state index contributed by atoms with van der Waals surface area (Å²) in [5.74, 6) is -0.322. The summed E-state index contributed by atoms with van der Waals surface area (Å²) < 4.78 is 1.75. The van der Waals surface area contributed by atoms with Crippen LogP contribution in [0.4, 0.5) is 11.6 Å². The zero-order valence-corrected chi connectivity index (χ0v) is 22.3. The molecule has 0 aliphatic carbocycles. The van der Waals surface area contributed by atoms with Gasteiger partial charge in [0.15, 0.2) is 0 Å². The monoisotopic (exact) mass is 539 g/mol. The zero-order valence-electron chi connectivity index (χ0n) is 21.5. The summed E-state index contributed by atoms with van der Waals surface area (Å²) in [6.45, 7) is 3.53. The van der Waals surface area contributed by atoms with E-state index < -0.39 is 5.60 Å². The highest BCUT2D eigenvalue weighted by Gasteiger charge is 2.23. The number of carbonyl (C=O) groups is 2. The fourth-order valence-electron chi connectivity index (χ4n) is 4.17. The minimum atomic E-state index is -1.08. The summed E-state index contributed by atoms with van der Waals surface area (Å²) in [5, 5.41) is 29.3. The Morgan fingerprint density at radius 2 is 2.03 bits per heavy atom. The minimum Gasteiger partial charge on any atom is -0.389 e. The second kappa shape index (κ2) is 10.2. The summed E-state index contributed by atoms with van der Waals surface area (Å²) in [5.41, 5.74) is 2.42. The van der Waals surface area contributed by atoms with Crippen molar-refractivity contribution in [1.29, 1.82) is 5.26 Å². The van der Waals surface area contributed by atoms with Crippen molar-refractivity contribution in [1.82, 2.24) is 19.7 Å². The summed E-state index contributed by atoms with van der Waals surface area (Å²) in [7, 11) is 1.65. The van der Waals surface area contributed by atoms with Gasteiger partial charge < -0.3 is 14.6 Å². The third-order valence-electron chi connectivity index (χ3n) is 6.05. The van der Waals surface area contributed by atoms with Gasteiger partial charge in [0.05, 0.1) is 45.9 Å². The number of nitriles is 1. The van der Waals surface area contributed by atoms with E-state index in [2.05, 4.69) is 20.5 Å². The van der Waals surface area contributed by atoms with Crippen molar-refractivity contribution in [3.05, 3.63) is 83.0 Å². The molecule has 0 saturated carbocycles. The van der Waals surface area contributed by atoms with Gasteiger partial charge in [-0.05, 0) is 62.4 Å². The summed E-state index contributed by atoms with van der Waals surface area (Å²) in [6.07, 6.45) is 3.45. The molecule has 0 bridgehead atoms. The quantitative estimate of drug-likeness (QED) is 0.275. The lowest BCUT2D eigenvalue weighted by Crippen LogP contribution is -2.27. The van der Waals surface area contributed by atoms with Gasteiger partial charge in [0.25, 0.3) is 11.8 Å². The largest absolute Gasteiger partial charge is 0.389 e. The topological polar surface area (TPSA) is 140 Å². The number of aromatic amines is 1. The third-order valence-corrected chi connectivity index (χ3v) is 7.18. The van der Waals surface area contributed by atoms with E-state index in [0.717, 1.165) is 10.4 Å². The van der Waals surface area contributed by atoms with Crippen LogP contribution in [0.15, 0.2) is 67.0 Å². The number of benzene rings is 2. The number of nitrogens with zero attached hydrogens (tertiary/aromatic N) is 5. The lowest BCUT2D eigenvalue weighted by molar-refractivity contribution is 0.0630.